The summed E-state index contributed by atoms with van der Waals surface area (Å²) in [7, 11) is 0. The number of carbonyl (C=O) groups excluding carboxylic acids is 1. The van der Waals surface area contributed by atoms with Crippen LogP contribution in [0.4, 0.5) is 0 Å². The Kier molecular flexibility index (Phi) is 4.25. The molecule has 2 nitrogen and oxygen atoms in total. The number of thiazole rings is 1. The largest absolute Gasteiger partial charge is 0.299 e. The molecule has 90 valence electrons. The standard InChI is InChI=1S/C13H21NOS/c1-9(13(3,4)5)6-11(15)7-12-14-10(2)8-16-12/h8-9H,6-7H2,1-5H3. The lowest BCUT2D eigenvalue weighted by molar-refractivity contribution is -0.120. The Morgan fingerprint density at radius 3 is 2.56 bits per heavy atom. The van der Waals surface area contributed by atoms with E-state index in [1.165, 1.54) is 0 Å². The van der Waals surface area contributed by atoms with E-state index in [-0.39, 0.29) is 5.41 Å². The molecule has 0 aliphatic rings. The van der Waals surface area contributed by atoms with Crippen LogP contribution in [0, 0.1) is 18.3 Å². The first-order valence-corrected chi connectivity index (χ1v) is 6.59. The lowest BCUT2D eigenvalue weighted by atomic mass is 9.79. The zero-order valence-electron chi connectivity index (χ0n) is 10.8. The second-order valence-electron chi connectivity index (χ2n) is 5.57. The van der Waals surface area contributed by atoms with Gasteiger partial charge in [-0.25, -0.2) is 4.98 Å². The summed E-state index contributed by atoms with van der Waals surface area (Å²) in [5.41, 5.74) is 1.21. The van der Waals surface area contributed by atoms with E-state index in [1.807, 2.05) is 12.3 Å². The molecule has 1 rings (SSSR count). The highest BCUT2D eigenvalue weighted by molar-refractivity contribution is 7.09. The lowest BCUT2D eigenvalue weighted by Gasteiger charge is -2.26. The quantitative estimate of drug-likeness (QED) is 0.803. The molecule has 3 heteroatoms. The maximum Gasteiger partial charge on any atom is 0.139 e. The molecule has 0 spiro atoms. The summed E-state index contributed by atoms with van der Waals surface area (Å²) in [6.07, 6.45) is 1.15. The van der Waals surface area contributed by atoms with E-state index < -0.39 is 0 Å². The monoisotopic (exact) mass is 239 g/mol. The first-order chi connectivity index (χ1) is 7.29. The number of aryl methyl sites for hydroxylation is 1. The van der Waals surface area contributed by atoms with Crippen molar-refractivity contribution in [3.05, 3.63) is 16.1 Å². The number of carbonyl (C=O) groups is 1. The van der Waals surface area contributed by atoms with Gasteiger partial charge in [0, 0.05) is 17.5 Å². The van der Waals surface area contributed by atoms with E-state index in [9.17, 15) is 4.79 Å². The molecular formula is C13H21NOS. The highest BCUT2D eigenvalue weighted by atomic mass is 32.1. The maximum atomic E-state index is 11.8. The van der Waals surface area contributed by atoms with Gasteiger partial charge in [0.1, 0.15) is 10.8 Å². The van der Waals surface area contributed by atoms with E-state index in [0.29, 0.717) is 24.5 Å². The number of ketones is 1. The zero-order valence-corrected chi connectivity index (χ0v) is 11.6. The van der Waals surface area contributed by atoms with Gasteiger partial charge >= 0.3 is 0 Å². The molecule has 0 saturated heterocycles. The number of aromatic nitrogens is 1. The number of rotatable bonds is 4. The molecule has 0 saturated carbocycles. The predicted molar refractivity (Wildman–Crippen MR) is 68.8 cm³/mol. The summed E-state index contributed by atoms with van der Waals surface area (Å²) in [5.74, 6) is 0.720. The van der Waals surface area contributed by atoms with Gasteiger partial charge in [-0.05, 0) is 18.3 Å². The van der Waals surface area contributed by atoms with Gasteiger partial charge in [-0.2, -0.15) is 0 Å². The molecular weight excluding hydrogens is 218 g/mol. The molecule has 0 radical (unpaired) electrons. The van der Waals surface area contributed by atoms with Crippen LogP contribution < -0.4 is 0 Å². The molecule has 1 heterocycles. The van der Waals surface area contributed by atoms with Crippen LogP contribution in [0.1, 0.15) is 44.8 Å². The normalized spacial score (nSPS) is 13.8. The second kappa shape index (κ2) is 5.09. The maximum absolute atomic E-state index is 11.8. The van der Waals surface area contributed by atoms with Crippen LogP contribution in [-0.2, 0) is 11.2 Å². The highest BCUT2D eigenvalue weighted by Crippen LogP contribution is 2.28. The Balaban J connectivity index is 2.48. The van der Waals surface area contributed by atoms with Crippen LogP contribution >= 0.6 is 11.3 Å². The van der Waals surface area contributed by atoms with Crippen LogP contribution in [0.5, 0.6) is 0 Å². The van der Waals surface area contributed by atoms with Crippen LogP contribution in [-0.4, -0.2) is 10.8 Å². The van der Waals surface area contributed by atoms with Crippen molar-refractivity contribution in [2.75, 3.05) is 0 Å². The fourth-order valence-electron chi connectivity index (χ4n) is 1.37. The minimum atomic E-state index is 0.203. The minimum absolute atomic E-state index is 0.203. The average molecular weight is 239 g/mol. The van der Waals surface area contributed by atoms with E-state index in [4.69, 9.17) is 0 Å². The molecule has 16 heavy (non-hydrogen) atoms. The summed E-state index contributed by atoms with van der Waals surface area (Å²) >= 11 is 1.58. The molecule has 0 aliphatic heterocycles. The van der Waals surface area contributed by atoms with Crippen LogP contribution in [0.3, 0.4) is 0 Å². The topological polar surface area (TPSA) is 30.0 Å². The van der Waals surface area contributed by atoms with E-state index in [1.54, 1.807) is 11.3 Å². The van der Waals surface area contributed by atoms with Crippen molar-refractivity contribution in [3.8, 4) is 0 Å². The molecule has 1 aromatic heterocycles. The Hall–Kier alpha value is -0.700. The molecule has 0 aliphatic carbocycles. The van der Waals surface area contributed by atoms with Crippen LogP contribution in [0.15, 0.2) is 5.38 Å². The van der Waals surface area contributed by atoms with Crippen molar-refractivity contribution in [3.63, 3.8) is 0 Å². The number of hydrogen-bond acceptors (Lipinski definition) is 3. The van der Waals surface area contributed by atoms with E-state index >= 15 is 0 Å². The van der Waals surface area contributed by atoms with Gasteiger partial charge in [-0.1, -0.05) is 27.7 Å². The van der Waals surface area contributed by atoms with Gasteiger partial charge in [0.15, 0.2) is 0 Å². The molecule has 1 atom stereocenters. The lowest BCUT2D eigenvalue weighted by Crippen LogP contribution is -2.21. The van der Waals surface area contributed by atoms with Crippen LogP contribution in [0.25, 0.3) is 0 Å². The van der Waals surface area contributed by atoms with Crippen molar-refractivity contribution < 1.29 is 4.79 Å². The summed E-state index contributed by atoms with van der Waals surface area (Å²) in [6, 6.07) is 0. The fourth-order valence-corrected chi connectivity index (χ4v) is 2.17. The SMILES string of the molecule is Cc1csc(CC(=O)CC(C)C(C)(C)C)n1. The van der Waals surface area contributed by atoms with Crippen molar-refractivity contribution in [2.45, 2.75) is 47.5 Å². The summed E-state index contributed by atoms with van der Waals surface area (Å²) < 4.78 is 0. The third-order valence-corrected chi connectivity index (χ3v) is 3.99. The molecule has 0 fully saturated rings. The third kappa shape index (κ3) is 4.05. The smallest absolute Gasteiger partial charge is 0.139 e. The molecule has 1 aromatic rings. The van der Waals surface area contributed by atoms with Gasteiger partial charge in [-0.3, -0.25) is 4.79 Å². The highest BCUT2D eigenvalue weighted by Gasteiger charge is 2.22. The number of hydrogen-bond donors (Lipinski definition) is 0. The molecule has 0 N–H and O–H groups in total. The van der Waals surface area contributed by atoms with Crippen molar-refractivity contribution >= 4 is 17.1 Å². The van der Waals surface area contributed by atoms with E-state index in [2.05, 4.69) is 32.7 Å². The number of Topliss-reactive ketones (excluding diaryl/α,β-unsaturated/α-hetero) is 1. The van der Waals surface area contributed by atoms with Gasteiger partial charge < -0.3 is 0 Å². The van der Waals surface area contributed by atoms with Gasteiger partial charge in [-0.15, -0.1) is 11.3 Å². The first kappa shape index (κ1) is 13.4. The fraction of sp³-hybridized carbons (Fsp3) is 0.692. The van der Waals surface area contributed by atoms with Gasteiger partial charge in [0.25, 0.3) is 0 Å². The van der Waals surface area contributed by atoms with Crippen LogP contribution in [0.2, 0.25) is 0 Å². The van der Waals surface area contributed by atoms with Crippen molar-refractivity contribution in [2.24, 2.45) is 11.3 Å². The molecule has 0 aromatic carbocycles. The zero-order chi connectivity index (χ0) is 12.3. The first-order valence-electron chi connectivity index (χ1n) is 5.71. The summed E-state index contributed by atoms with van der Waals surface area (Å²) in [6.45, 7) is 10.6. The van der Waals surface area contributed by atoms with Gasteiger partial charge in [0.05, 0.1) is 6.42 Å². The third-order valence-electron chi connectivity index (χ3n) is 3.03. The molecule has 0 amide bonds. The number of nitrogens with zero attached hydrogens (tertiary/aromatic N) is 1. The second-order valence-corrected chi connectivity index (χ2v) is 6.51. The minimum Gasteiger partial charge on any atom is -0.299 e. The summed E-state index contributed by atoms with van der Waals surface area (Å²) in [5, 5.41) is 2.94. The average Bonchev–Trinajstić information content (AvgIpc) is 2.49. The Bertz CT molecular complexity index is 362. The van der Waals surface area contributed by atoms with Crippen molar-refractivity contribution in [1.29, 1.82) is 0 Å². The molecule has 1 unspecified atom stereocenters. The predicted octanol–water partition coefficient (Wildman–Crippen LogP) is 3.64. The van der Waals surface area contributed by atoms with E-state index in [0.717, 1.165) is 10.7 Å². The van der Waals surface area contributed by atoms with Gasteiger partial charge in [0.2, 0.25) is 0 Å². The Morgan fingerprint density at radius 1 is 1.50 bits per heavy atom. The van der Waals surface area contributed by atoms with Crippen molar-refractivity contribution in [1.82, 2.24) is 4.98 Å². The molecule has 0 bridgehead atoms. The Labute approximate surface area is 102 Å². The summed E-state index contributed by atoms with van der Waals surface area (Å²) in [4.78, 5) is 16.2. The Morgan fingerprint density at radius 2 is 2.12 bits per heavy atom.